The van der Waals surface area contributed by atoms with Gasteiger partial charge in [0.1, 0.15) is 0 Å². The van der Waals surface area contributed by atoms with Gasteiger partial charge in [-0.2, -0.15) is 0 Å². The molecule has 0 radical (unpaired) electrons. The lowest BCUT2D eigenvalue weighted by molar-refractivity contribution is 0.571. The van der Waals surface area contributed by atoms with Gasteiger partial charge in [0, 0.05) is 47.0 Å². The van der Waals surface area contributed by atoms with Crippen molar-refractivity contribution in [3.8, 4) is 67.2 Å². The van der Waals surface area contributed by atoms with Gasteiger partial charge in [-0.3, -0.25) is 9.97 Å². The van der Waals surface area contributed by atoms with Crippen LogP contribution in [0.4, 0.5) is 0 Å². The highest BCUT2D eigenvalue weighted by molar-refractivity contribution is 6.22. The normalized spacial score (nSPS) is 11.3. The molecule has 0 unspecified atom stereocenters. The van der Waals surface area contributed by atoms with E-state index < -0.39 is 0 Å². The second-order valence-electron chi connectivity index (χ2n) is 11.6. The maximum Gasteiger partial charge on any atom is 0.181 e. The Hall–Kier alpha value is -6.66. The van der Waals surface area contributed by atoms with Gasteiger partial charge in [-0.15, -0.1) is 0 Å². The SMILES string of the molecule is c1ccc(-c2ccccc2-c2ccc3c(-c4cncc(-c5cnco5)c4)c4ccccc4c(-c4cncc(-c5cnco5)c4)c3c2)cc1. The molecule has 0 saturated heterocycles. The molecule has 4 aromatic heterocycles. The number of fused-ring (bicyclic) bond motifs is 2. The second kappa shape index (κ2) is 11.6. The van der Waals surface area contributed by atoms with Gasteiger partial charge in [-0.1, -0.05) is 91.0 Å². The highest BCUT2D eigenvalue weighted by Crippen LogP contribution is 2.46. The minimum Gasteiger partial charge on any atom is -0.443 e. The summed E-state index contributed by atoms with van der Waals surface area (Å²) in [4.78, 5) is 17.6. The molecule has 9 rings (SSSR count). The van der Waals surface area contributed by atoms with Crippen molar-refractivity contribution in [1.82, 2.24) is 19.9 Å². The minimum absolute atomic E-state index is 0.669. The fourth-order valence-corrected chi connectivity index (χ4v) is 6.71. The number of aromatic nitrogens is 4. The molecule has 6 nitrogen and oxygen atoms in total. The molecule has 4 heterocycles. The largest absolute Gasteiger partial charge is 0.443 e. The smallest absolute Gasteiger partial charge is 0.181 e. The van der Waals surface area contributed by atoms with E-state index in [1.807, 2.05) is 30.9 Å². The van der Waals surface area contributed by atoms with E-state index in [-0.39, 0.29) is 0 Å². The van der Waals surface area contributed by atoms with Crippen LogP contribution in [0, 0.1) is 0 Å². The summed E-state index contributed by atoms with van der Waals surface area (Å²) in [5.41, 5.74) is 10.5. The summed E-state index contributed by atoms with van der Waals surface area (Å²) < 4.78 is 11.3. The quantitative estimate of drug-likeness (QED) is 0.173. The van der Waals surface area contributed by atoms with Crippen LogP contribution in [0.1, 0.15) is 0 Å². The van der Waals surface area contributed by atoms with Crippen LogP contribution in [0.2, 0.25) is 0 Å². The number of hydrogen-bond acceptors (Lipinski definition) is 6. The lowest BCUT2D eigenvalue weighted by atomic mass is 9.84. The summed E-state index contributed by atoms with van der Waals surface area (Å²) in [5.74, 6) is 1.34. The van der Waals surface area contributed by atoms with Gasteiger partial charge in [0.2, 0.25) is 0 Å². The Morgan fingerprint density at radius 2 is 0.833 bits per heavy atom. The summed E-state index contributed by atoms with van der Waals surface area (Å²) in [6, 6.07) is 38.7. The van der Waals surface area contributed by atoms with Crippen molar-refractivity contribution in [2.24, 2.45) is 0 Å². The molecule has 0 aliphatic rings. The minimum atomic E-state index is 0.669. The predicted octanol–water partition coefficient (Wildman–Crippen LogP) is 10.8. The van der Waals surface area contributed by atoms with Crippen molar-refractivity contribution in [2.45, 2.75) is 0 Å². The molecule has 0 N–H and O–H groups in total. The molecule has 9 aromatic rings. The summed E-state index contributed by atoms with van der Waals surface area (Å²) >= 11 is 0. The molecule has 6 heteroatoms. The topological polar surface area (TPSA) is 77.8 Å². The van der Waals surface area contributed by atoms with E-state index >= 15 is 0 Å². The monoisotopic (exact) mass is 618 g/mol. The van der Waals surface area contributed by atoms with Gasteiger partial charge < -0.3 is 8.83 Å². The van der Waals surface area contributed by atoms with Crippen LogP contribution in [0.15, 0.2) is 168 Å². The van der Waals surface area contributed by atoms with Crippen molar-refractivity contribution in [1.29, 1.82) is 0 Å². The lowest BCUT2D eigenvalue weighted by Crippen LogP contribution is -1.94. The summed E-state index contributed by atoms with van der Waals surface area (Å²) in [5, 5.41) is 4.42. The average Bonchev–Trinajstić information content (AvgIpc) is 3.90. The fraction of sp³-hybridized carbons (Fsp3) is 0. The van der Waals surface area contributed by atoms with Gasteiger partial charge in [0.25, 0.3) is 0 Å². The third-order valence-corrected chi connectivity index (χ3v) is 8.83. The Morgan fingerprint density at radius 1 is 0.333 bits per heavy atom. The molecule has 0 atom stereocenters. The van der Waals surface area contributed by atoms with E-state index in [1.165, 1.54) is 23.9 Å². The maximum atomic E-state index is 5.67. The van der Waals surface area contributed by atoms with E-state index in [0.717, 1.165) is 66.1 Å². The summed E-state index contributed by atoms with van der Waals surface area (Å²) in [6.45, 7) is 0. The summed E-state index contributed by atoms with van der Waals surface area (Å²) in [7, 11) is 0. The van der Waals surface area contributed by atoms with Crippen LogP contribution in [0.25, 0.3) is 88.7 Å². The molecule has 0 saturated carbocycles. The zero-order valence-corrected chi connectivity index (χ0v) is 25.6. The Labute approximate surface area is 276 Å². The first kappa shape index (κ1) is 27.6. The van der Waals surface area contributed by atoms with Crippen LogP contribution in [-0.4, -0.2) is 19.9 Å². The molecule has 0 bridgehead atoms. The molecule has 0 aliphatic carbocycles. The van der Waals surface area contributed by atoms with Crippen LogP contribution in [0.5, 0.6) is 0 Å². The van der Waals surface area contributed by atoms with Crippen LogP contribution >= 0.6 is 0 Å². The number of oxazole rings is 2. The molecular weight excluding hydrogens is 592 g/mol. The van der Waals surface area contributed by atoms with Gasteiger partial charge in [-0.25, -0.2) is 9.97 Å². The predicted molar refractivity (Wildman–Crippen MR) is 190 cm³/mol. The Bertz CT molecular complexity index is 2560. The van der Waals surface area contributed by atoms with Crippen LogP contribution < -0.4 is 0 Å². The number of hydrogen-bond donors (Lipinski definition) is 0. The van der Waals surface area contributed by atoms with Gasteiger partial charge in [0.05, 0.1) is 12.4 Å². The third-order valence-electron chi connectivity index (χ3n) is 8.83. The highest BCUT2D eigenvalue weighted by Gasteiger charge is 2.20. The van der Waals surface area contributed by atoms with Crippen molar-refractivity contribution in [3.63, 3.8) is 0 Å². The maximum absolute atomic E-state index is 5.67. The molecule has 0 amide bonds. The zero-order chi connectivity index (χ0) is 31.9. The first-order valence-electron chi connectivity index (χ1n) is 15.6. The number of pyridine rings is 2. The average molecular weight is 619 g/mol. The molecule has 5 aromatic carbocycles. The van der Waals surface area contributed by atoms with Crippen molar-refractivity contribution in [3.05, 3.63) is 159 Å². The van der Waals surface area contributed by atoms with Gasteiger partial charge >= 0.3 is 0 Å². The second-order valence-corrected chi connectivity index (χ2v) is 11.6. The van der Waals surface area contributed by atoms with Crippen LogP contribution in [-0.2, 0) is 0 Å². The zero-order valence-electron chi connectivity index (χ0n) is 25.6. The molecule has 0 fully saturated rings. The van der Waals surface area contributed by atoms with E-state index in [4.69, 9.17) is 8.83 Å². The fourth-order valence-electron chi connectivity index (χ4n) is 6.71. The summed E-state index contributed by atoms with van der Waals surface area (Å²) in [6.07, 6.45) is 13.8. The Morgan fingerprint density at radius 3 is 1.42 bits per heavy atom. The Kier molecular flexibility index (Phi) is 6.68. The van der Waals surface area contributed by atoms with E-state index in [9.17, 15) is 0 Å². The highest BCUT2D eigenvalue weighted by atomic mass is 16.3. The molecule has 48 heavy (non-hydrogen) atoms. The number of nitrogens with zero attached hydrogens (tertiary/aromatic N) is 4. The Balaban J connectivity index is 1.36. The van der Waals surface area contributed by atoms with E-state index in [2.05, 4.69) is 123 Å². The van der Waals surface area contributed by atoms with Crippen LogP contribution in [0.3, 0.4) is 0 Å². The number of rotatable bonds is 6. The number of benzene rings is 5. The van der Waals surface area contributed by atoms with Crippen molar-refractivity contribution < 1.29 is 8.83 Å². The standard InChI is InChI=1S/C42H26N4O2/c1-2-8-27(9-3-1)33-10-4-5-11-34(33)28-14-15-37-38(18-28)42(32-17-30(20-44-22-32)40-24-46-26-48-40)36-13-7-6-12-35(36)41(37)31-16-29(19-43-21-31)39-23-45-25-47-39/h1-26H. The molecule has 0 spiro atoms. The lowest BCUT2D eigenvalue weighted by Gasteiger charge is -2.19. The molecule has 0 aliphatic heterocycles. The first-order chi connectivity index (χ1) is 23.8. The van der Waals surface area contributed by atoms with Gasteiger partial charge in [0.15, 0.2) is 24.3 Å². The third kappa shape index (κ3) is 4.75. The van der Waals surface area contributed by atoms with Crippen molar-refractivity contribution >= 4 is 21.5 Å². The molecule has 226 valence electrons. The van der Waals surface area contributed by atoms with E-state index in [1.54, 1.807) is 12.4 Å². The van der Waals surface area contributed by atoms with Crippen molar-refractivity contribution in [2.75, 3.05) is 0 Å². The van der Waals surface area contributed by atoms with E-state index in [0.29, 0.717) is 11.5 Å². The molecular formula is C42H26N4O2. The van der Waals surface area contributed by atoms with Gasteiger partial charge in [-0.05, 0) is 73.1 Å². The first-order valence-corrected chi connectivity index (χ1v) is 15.6.